The van der Waals surface area contributed by atoms with E-state index >= 15 is 0 Å². The lowest BCUT2D eigenvalue weighted by atomic mass is 10.0. The molecule has 1 aliphatic heterocycles. The Morgan fingerprint density at radius 1 is 1.09 bits per heavy atom. The molecule has 2 aromatic carbocycles. The van der Waals surface area contributed by atoms with Crippen molar-refractivity contribution in [2.24, 2.45) is 0 Å². The summed E-state index contributed by atoms with van der Waals surface area (Å²) in [5.74, 6) is -2.22. The van der Waals surface area contributed by atoms with Crippen molar-refractivity contribution in [3.05, 3.63) is 87.7 Å². The first-order chi connectivity index (χ1) is 16.6. The van der Waals surface area contributed by atoms with E-state index in [9.17, 15) is 14.4 Å². The lowest BCUT2D eigenvalue weighted by Crippen LogP contribution is -2.54. The normalized spacial score (nSPS) is 15.0. The fourth-order valence-electron chi connectivity index (χ4n) is 4.40. The van der Waals surface area contributed by atoms with Gasteiger partial charge in [0.2, 0.25) is 0 Å². The Morgan fingerprint density at radius 3 is 2.40 bits per heavy atom. The van der Waals surface area contributed by atoms with Crippen molar-refractivity contribution in [3.8, 4) is 5.69 Å². The standard InChI is InChI=1S/C27H25N3O4S/c1-5-18-8-6-7-15(2)23(18)29-16(3)13-20(17(29)4)14-22-24(31)28-27(35)30(25(22)32)21-11-9-19(10-12-21)26(33)34/h6-14H,5H2,1-4H3,(H,33,34)(H,28,31,35)/b22-14+. The molecule has 0 aliphatic carbocycles. The van der Waals surface area contributed by atoms with Gasteiger partial charge in [0.25, 0.3) is 11.8 Å². The number of benzene rings is 2. The molecule has 7 nitrogen and oxygen atoms in total. The molecule has 178 valence electrons. The third kappa shape index (κ3) is 4.28. The van der Waals surface area contributed by atoms with Crippen LogP contribution in [0.5, 0.6) is 0 Å². The molecule has 8 heteroatoms. The van der Waals surface area contributed by atoms with E-state index in [-0.39, 0.29) is 16.2 Å². The predicted molar refractivity (Wildman–Crippen MR) is 139 cm³/mol. The van der Waals surface area contributed by atoms with Crippen molar-refractivity contribution >= 4 is 46.9 Å². The maximum absolute atomic E-state index is 13.4. The number of carbonyl (C=O) groups is 3. The van der Waals surface area contributed by atoms with Crippen LogP contribution in [0.2, 0.25) is 0 Å². The number of amides is 2. The van der Waals surface area contributed by atoms with Gasteiger partial charge in [0, 0.05) is 11.4 Å². The number of aromatic carboxylic acids is 1. The summed E-state index contributed by atoms with van der Waals surface area (Å²) < 4.78 is 2.15. The Kier molecular flexibility index (Phi) is 6.41. The molecule has 2 heterocycles. The molecule has 1 fully saturated rings. The molecular formula is C27H25N3O4S. The monoisotopic (exact) mass is 487 g/mol. The van der Waals surface area contributed by atoms with Gasteiger partial charge in [0.15, 0.2) is 5.11 Å². The summed E-state index contributed by atoms with van der Waals surface area (Å²) in [6.07, 6.45) is 2.46. The molecule has 0 spiro atoms. The van der Waals surface area contributed by atoms with Crippen molar-refractivity contribution in [1.29, 1.82) is 0 Å². The van der Waals surface area contributed by atoms with Crippen molar-refractivity contribution in [1.82, 2.24) is 9.88 Å². The summed E-state index contributed by atoms with van der Waals surface area (Å²) in [5.41, 5.74) is 6.49. The van der Waals surface area contributed by atoms with E-state index in [4.69, 9.17) is 17.3 Å². The highest BCUT2D eigenvalue weighted by atomic mass is 32.1. The van der Waals surface area contributed by atoms with Gasteiger partial charge in [-0.25, -0.2) is 4.79 Å². The Balaban J connectivity index is 1.77. The molecule has 4 rings (SSSR count). The summed E-state index contributed by atoms with van der Waals surface area (Å²) in [7, 11) is 0. The average Bonchev–Trinajstić information content (AvgIpc) is 3.09. The Hall–Kier alpha value is -4.04. The van der Waals surface area contributed by atoms with Crippen LogP contribution in [0.1, 0.15) is 45.4 Å². The van der Waals surface area contributed by atoms with E-state index in [0.29, 0.717) is 5.69 Å². The number of anilines is 1. The highest BCUT2D eigenvalue weighted by Gasteiger charge is 2.35. The van der Waals surface area contributed by atoms with Gasteiger partial charge in [-0.05, 0) is 92.5 Å². The quantitative estimate of drug-likeness (QED) is 0.314. The zero-order valence-electron chi connectivity index (χ0n) is 19.9. The smallest absolute Gasteiger partial charge is 0.335 e. The van der Waals surface area contributed by atoms with Crippen molar-refractivity contribution < 1.29 is 19.5 Å². The number of nitrogens with one attached hydrogen (secondary N) is 1. The molecule has 0 bridgehead atoms. The molecule has 0 radical (unpaired) electrons. The van der Waals surface area contributed by atoms with Gasteiger partial charge < -0.3 is 9.67 Å². The molecule has 1 aliphatic rings. The second-order valence-electron chi connectivity index (χ2n) is 8.41. The third-order valence-corrected chi connectivity index (χ3v) is 6.45. The van der Waals surface area contributed by atoms with Gasteiger partial charge >= 0.3 is 5.97 Å². The topological polar surface area (TPSA) is 91.6 Å². The van der Waals surface area contributed by atoms with Crippen LogP contribution in [-0.2, 0) is 16.0 Å². The van der Waals surface area contributed by atoms with Crippen LogP contribution in [-0.4, -0.2) is 32.6 Å². The first-order valence-electron chi connectivity index (χ1n) is 11.2. The molecule has 35 heavy (non-hydrogen) atoms. The number of hydrogen-bond acceptors (Lipinski definition) is 4. The van der Waals surface area contributed by atoms with Crippen molar-refractivity contribution in [2.75, 3.05) is 4.90 Å². The molecule has 1 saturated heterocycles. The first-order valence-corrected chi connectivity index (χ1v) is 11.6. The number of carboxylic acid groups (broad SMARTS) is 1. The molecular weight excluding hydrogens is 462 g/mol. The molecule has 2 N–H and O–H groups in total. The summed E-state index contributed by atoms with van der Waals surface area (Å²) in [5, 5.41) is 11.7. The minimum atomic E-state index is -1.08. The van der Waals surface area contributed by atoms with Gasteiger partial charge in [-0.1, -0.05) is 25.1 Å². The van der Waals surface area contributed by atoms with Gasteiger partial charge in [-0.2, -0.15) is 0 Å². The number of nitrogens with zero attached hydrogens (tertiary/aromatic N) is 2. The molecule has 0 saturated carbocycles. The van der Waals surface area contributed by atoms with Gasteiger partial charge in [-0.15, -0.1) is 0 Å². The van der Waals surface area contributed by atoms with Gasteiger partial charge in [0.1, 0.15) is 5.57 Å². The molecule has 0 unspecified atom stereocenters. The maximum atomic E-state index is 13.4. The predicted octanol–water partition coefficient (Wildman–Crippen LogP) is 4.49. The van der Waals surface area contributed by atoms with E-state index in [2.05, 4.69) is 35.9 Å². The Labute approximate surface area is 208 Å². The van der Waals surface area contributed by atoms with E-state index in [1.807, 2.05) is 26.0 Å². The summed E-state index contributed by atoms with van der Waals surface area (Å²) >= 11 is 5.25. The Bertz CT molecular complexity index is 1420. The zero-order chi connectivity index (χ0) is 25.4. The minimum absolute atomic E-state index is 0.0540. The number of thiocarbonyl (C=S) groups is 1. The molecule has 0 atom stereocenters. The fourth-order valence-corrected chi connectivity index (χ4v) is 4.68. The van der Waals surface area contributed by atoms with Crippen LogP contribution >= 0.6 is 12.2 Å². The summed E-state index contributed by atoms with van der Waals surface area (Å²) in [6.45, 7) is 8.14. The summed E-state index contributed by atoms with van der Waals surface area (Å²) in [6, 6.07) is 13.9. The van der Waals surface area contributed by atoms with Gasteiger partial charge in [-0.3, -0.25) is 19.8 Å². The molecule has 3 aromatic rings. The maximum Gasteiger partial charge on any atom is 0.335 e. The van der Waals surface area contributed by atoms with Crippen LogP contribution in [0.4, 0.5) is 5.69 Å². The van der Waals surface area contributed by atoms with Crippen LogP contribution < -0.4 is 10.2 Å². The highest BCUT2D eigenvalue weighted by Crippen LogP contribution is 2.29. The number of aryl methyl sites for hydroxylation is 3. The number of hydrogen-bond donors (Lipinski definition) is 2. The zero-order valence-corrected chi connectivity index (χ0v) is 20.7. The van der Waals surface area contributed by atoms with Crippen molar-refractivity contribution in [3.63, 3.8) is 0 Å². The van der Waals surface area contributed by atoms with Crippen molar-refractivity contribution in [2.45, 2.75) is 34.1 Å². The third-order valence-electron chi connectivity index (χ3n) is 6.17. The molecule has 1 aromatic heterocycles. The lowest BCUT2D eigenvalue weighted by Gasteiger charge is -2.29. The number of carboxylic acids is 1. The van der Waals surface area contributed by atoms with E-state index < -0.39 is 17.8 Å². The largest absolute Gasteiger partial charge is 0.478 e. The number of aromatic nitrogens is 1. The first kappa shape index (κ1) is 24.1. The Morgan fingerprint density at radius 2 is 1.77 bits per heavy atom. The lowest BCUT2D eigenvalue weighted by molar-refractivity contribution is -0.122. The minimum Gasteiger partial charge on any atom is -0.478 e. The highest BCUT2D eigenvalue weighted by molar-refractivity contribution is 7.80. The van der Waals surface area contributed by atoms with E-state index in [0.717, 1.165) is 34.6 Å². The molecule has 2 amide bonds. The number of rotatable bonds is 5. The fraction of sp³-hybridized carbons (Fsp3) is 0.185. The van der Waals surface area contributed by atoms with Gasteiger partial charge in [0.05, 0.1) is 16.9 Å². The second kappa shape index (κ2) is 9.31. The van der Waals surface area contributed by atoms with Crippen LogP contribution in [0.25, 0.3) is 11.8 Å². The SMILES string of the molecule is CCc1cccc(C)c1-n1c(C)cc(/C=C2\C(=O)NC(=S)N(c3ccc(C(=O)O)cc3)C2=O)c1C. The van der Waals surface area contributed by atoms with Crippen LogP contribution in [0.3, 0.4) is 0 Å². The van der Waals surface area contributed by atoms with Crippen LogP contribution in [0.15, 0.2) is 54.1 Å². The van der Waals surface area contributed by atoms with E-state index in [1.165, 1.54) is 34.7 Å². The summed E-state index contributed by atoms with van der Waals surface area (Å²) in [4.78, 5) is 38.5. The second-order valence-corrected chi connectivity index (χ2v) is 8.79. The number of carbonyl (C=O) groups excluding carboxylic acids is 2. The van der Waals surface area contributed by atoms with Crippen LogP contribution in [0, 0.1) is 20.8 Å². The van der Waals surface area contributed by atoms with E-state index in [1.54, 1.807) is 6.08 Å². The average molecular weight is 488 g/mol. The number of para-hydroxylation sites is 1.